The van der Waals surface area contributed by atoms with E-state index >= 15 is 0 Å². The van der Waals surface area contributed by atoms with Gasteiger partial charge in [0.1, 0.15) is 11.5 Å². The highest BCUT2D eigenvalue weighted by molar-refractivity contribution is 6.35. The molecule has 1 amide bonds. The predicted octanol–water partition coefficient (Wildman–Crippen LogP) is 6.85. The van der Waals surface area contributed by atoms with Gasteiger partial charge in [-0.1, -0.05) is 48.3 Å². The fourth-order valence-corrected chi connectivity index (χ4v) is 4.91. The molecule has 0 bridgehead atoms. The molecule has 1 aromatic heterocycles. The van der Waals surface area contributed by atoms with Gasteiger partial charge in [-0.25, -0.2) is 9.07 Å². The molecule has 0 spiro atoms. The van der Waals surface area contributed by atoms with Crippen LogP contribution in [0.25, 0.3) is 11.3 Å². The monoisotopic (exact) mass is 613 g/mol. The second kappa shape index (κ2) is 11.4. The third kappa shape index (κ3) is 6.29. The molecule has 0 atom stereocenters. The maximum absolute atomic E-state index is 14.9. The van der Waals surface area contributed by atoms with E-state index < -0.39 is 22.4 Å². The second-order valence-electron chi connectivity index (χ2n) is 10.9. The van der Waals surface area contributed by atoms with E-state index in [1.54, 1.807) is 31.3 Å². The number of nitro groups is 1. The molecule has 4 aromatic rings. The summed E-state index contributed by atoms with van der Waals surface area (Å²) in [5.41, 5.74) is 1.20. The van der Waals surface area contributed by atoms with Gasteiger partial charge in [-0.15, -0.1) is 5.10 Å². The summed E-state index contributed by atoms with van der Waals surface area (Å²) >= 11 is 12.2. The van der Waals surface area contributed by atoms with Gasteiger partial charge in [0.05, 0.1) is 30.9 Å². The van der Waals surface area contributed by atoms with Crippen molar-refractivity contribution in [2.45, 2.75) is 33.1 Å². The fraction of sp³-hybridized carbons (Fsp3) is 0.276. The molecular formula is C29H26Cl2FN5O5. The molecule has 0 unspecified atom stereocenters. The average molecular weight is 614 g/mol. The van der Waals surface area contributed by atoms with Crippen LogP contribution in [0.1, 0.15) is 42.3 Å². The zero-order chi connectivity index (χ0) is 30.2. The number of hydrogen-bond donors (Lipinski definition) is 1. The number of aromatic nitrogens is 3. The van der Waals surface area contributed by atoms with Crippen LogP contribution in [0, 0.1) is 21.3 Å². The molecule has 2 heterocycles. The number of anilines is 1. The summed E-state index contributed by atoms with van der Waals surface area (Å²) in [6, 6.07) is 13.0. The summed E-state index contributed by atoms with van der Waals surface area (Å²) < 4.78 is 28.4. The summed E-state index contributed by atoms with van der Waals surface area (Å²) in [6.45, 7) is 6.47. The van der Waals surface area contributed by atoms with Gasteiger partial charge in [0.15, 0.2) is 5.79 Å². The van der Waals surface area contributed by atoms with Gasteiger partial charge in [0, 0.05) is 50.0 Å². The summed E-state index contributed by atoms with van der Waals surface area (Å²) in [5, 5.41) is 23.4. The van der Waals surface area contributed by atoms with Crippen molar-refractivity contribution in [3.63, 3.8) is 0 Å². The third-order valence-corrected chi connectivity index (χ3v) is 7.40. The van der Waals surface area contributed by atoms with E-state index in [9.17, 15) is 19.3 Å². The third-order valence-electron chi connectivity index (χ3n) is 6.81. The number of benzene rings is 3. The molecule has 42 heavy (non-hydrogen) atoms. The van der Waals surface area contributed by atoms with Crippen LogP contribution >= 0.6 is 23.2 Å². The molecule has 0 saturated carbocycles. The van der Waals surface area contributed by atoms with E-state index in [1.165, 1.54) is 41.1 Å². The number of nitro benzene ring substituents is 1. The van der Waals surface area contributed by atoms with Gasteiger partial charge in [-0.05, 0) is 48.9 Å². The maximum atomic E-state index is 14.9. The molecule has 10 nitrogen and oxygen atoms in total. The Morgan fingerprint density at radius 1 is 1.10 bits per heavy atom. The second-order valence-corrected chi connectivity index (χ2v) is 11.7. The smallest absolute Gasteiger partial charge is 0.269 e. The highest BCUT2D eigenvalue weighted by atomic mass is 35.5. The minimum atomic E-state index is -1.40. The van der Waals surface area contributed by atoms with E-state index in [-0.39, 0.29) is 45.7 Å². The fourth-order valence-electron chi connectivity index (χ4n) is 4.45. The molecule has 13 heteroatoms. The van der Waals surface area contributed by atoms with E-state index in [2.05, 4.69) is 15.6 Å². The number of hydrogen-bond acceptors (Lipinski definition) is 7. The van der Waals surface area contributed by atoms with Crippen molar-refractivity contribution in [3.05, 3.63) is 103 Å². The first-order valence-corrected chi connectivity index (χ1v) is 13.6. The highest BCUT2D eigenvalue weighted by Crippen LogP contribution is 2.39. The Kier molecular flexibility index (Phi) is 8.04. The number of carbonyl (C=O) groups is 1. The minimum Gasteiger partial charge on any atom is -0.345 e. The van der Waals surface area contributed by atoms with E-state index in [0.717, 1.165) is 5.56 Å². The molecule has 1 aliphatic rings. The van der Waals surface area contributed by atoms with Gasteiger partial charge in [0.2, 0.25) is 0 Å². The Balaban J connectivity index is 1.41. The van der Waals surface area contributed by atoms with Crippen molar-refractivity contribution in [2.75, 3.05) is 18.5 Å². The maximum Gasteiger partial charge on any atom is 0.269 e. The molecular weight excluding hydrogens is 588 g/mol. The summed E-state index contributed by atoms with van der Waals surface area (Å²) in [5.74, 6) is -2.55. The molecule has 3 aromatic carbocycles. The summed E-state index contributed by atoms with van der Waals surface area (Å²) in [4.78, 5) is 24.4. The van der Waals surface area contributed by atoms with Crippen LogP contribution in [0.15, 0.2) is 60.8 Å². The lowest BCUT2D eigenvalue weighted by molar-refractivity contribution is -0.385. The summed E-state index contributed by atoms with van der Waals surface area (Å²) in [6.07, 6.45) is 1.56. The number of non-ortho nitro benzene ring substituents is 1. The Morgan fingerprint density at radius 3 is 2.52 bits per heavy atom. The van der Waals surface area contributed by atoms with Crippen LogP contribution in [-0.2, 0) is 21.8 Å². The first-order chi connectivity index (χ1) is 19.8. The van der Waals surface area contributed by atoms with Gasteiger partial charge < -0.3 is 14.8 Å². The first kappa shape index (κ1) is 29.6. The van der Waals surface area contributed by atoms with Gasteiger partial charge in [0.25, 0.3) is 11.6 Å². The number of ether oxygens (including phenoxy) is 2. The molecule has 218 valence electrons. The lowest BCUT2D eigenvalue weighted by Crippen LogP contribution is -2.44. The zero-order valence-electron chi connectivity index (χ0n) is 22.9. The molecule has 5 rings (SSSR count). The Bertz CT molecular complexity index is 1680. The van der Waals surface area contributed by atoms with Crippen molar-refractivity contribution in [3.8, 4) is 11.3 Å². The van der Waals surface area contributed by atoms with Crippen LogP contribution in [0.4, 0.5) is 15.8 Å². The summed E-state index contributed by atoms with van der Waals surface area (Å²) in [7, 11) is 0. The number of amides is 1. The van der Waals surface area contributed by atoms with Crippen LogP contribution in [0.5, 0.6) is 0 Å². The average Bonchev–Trinajstić information content (AvgIpc) is 3.41. The number of nitrogens with zero attached hydrogens (tertiary/aromatic N) is 4. The molecule has 1 saturated heterocycles. The minimum absolute atomic E-state index is 0.110. The molecule has 1 fully saturated rings. The number of nitrogens with one attached hydrogen (secondary N) is 1. The molecule has 0 aliphatic carbocycles. The Hall–Kier alpha value is -3.90. The van der Waals surface area contributed by atoms with E-state index in [4.69, 9.17) is 32.7 Å². The number of carbonyl (C=O) groups excluding carboxylic acids is 1. The van der Waals surface area contributed by atoms with Gasteiger partial charge >= 0.3 is 0 Å². The van der Waals surface area contributed by atoms with Crippen molar-refractivity contribution in [1.82, 2.24) is 15.0 Å². The number of halogens is 3. The van der Waals surface area contributed by atoms with Crippen LogP contribution in [0.2, 0.25) is 10.0 Å². The topological polar surface area (TPSA) is 121 Å². The first-order valence-electron chi connectivity index (χ1n) is 12.9. The SMILES string of the molecule is CC1(C)COC(C)(c2cc([N+](=O)[O-])ccc2C(=O)Nc2ccc(F)c(-c3cn(Cc4ccc(Cl)cc4Cl)nn3)c2)OC1. The Labute approximate surface area is 250 Å². The van der Waals surface area contributed by atoms with Crippen LogP contribution < -0.4 is 5.32 Å². The van der Waals surface area contributed by atoms with Gasteiger partial charge in [-0.2, -0.15) is 0 Å². The predicted molar refractivity (Wildman–Crippen MR) is 155 cm³/mol. The molecule has 1 aliphatic heterocycles. The van der Waals surface area contributed by atoms with Crippen molar-refractivity contribution in [1.29, 1.82) is 0 Å². The lowest BCUT2D eigenvalue weighted by atomic mass is 9.92. The van der Waals surface area contributed by atoms with Gasteiger partial charge in [-0.3, -0.25) is 14.9 Å². The van der Waals surface area contributed by atoms with E-state index in [1.807, 2.05) is 13.8 Å². The lowest BCUT2D eigenvalue weighted by Gasteiger charge is -2.42. The van der Waals surface area contributed by atoms with Crippen LogP contribution in [0.3, 0.4) is 0 Å². The van der Waals surface area contributed by atoms with Crippen molar-refractivity contribution >= 4 is 40.5 Å². The molecule has 0 radical (unpaired) electrons. The highest BCUT2D eigenvalue weighted by Gasteiger charge is 2.41. The standard InChI is InChI=1S/C29H26Cl2FN5O5/c1-28(2)15-41-29(3,42-16-28)23-12-20(37(39)40)7-8-21(23)27(38)33-19-6-9-25(32)22(11-19)26-14-36(35-34-26)13-17-4-5-18(30)10-24(17)31/h4-12,14H,13,15-16H2,1-3H3,(H,33,38). The quantitative estimate of drug-likeness (QED) is 0.179. The normalized spacial score (nSPS) is 15.8. The van der Waals surface area contributed by atoms with Crippen LogP contribution in [-0.4, -0.2) is 39.0 Å². The Morgan fingerprint density at radius 2 is 1.83 bits per heavy atom. The largest absolute Gasteiger partial charge is 0.345 e. The van der Waals surface area contributed by atoms with Crippen molar-refractivity contribution < 1.29 is 23.6 Å². The van der Waals surface area contributed by atoms with Crippen molar-refractivity contribution in [2.24, 2.45) is 5.41 Å². The van der Waals surface area contributed by atoms with E-state index in [0.29, 0.717) is 23.3 Å². The zero-order valence-corrected chi connectivity index (χ0v) is 24.4. The number of rotatable bonds is 7. The molecule has 1 N–H and O–H groups in total.